The molecule has 0 unspecified atom stereocenters. The molecule has 0 heterocycles. The molecule has 0 radical (unpaired) electrons. The van der Waals surface area contributed by atoms with Crippen molar-refractivity contribution in [2.24, 2.45) is 10.4 Å². The van der Waals surface area contributed by atoms with Gasteiger partial charge in [0.25, 0.3) is 5.91 Å². The van der Waals surface area contributed by atoms with Crippen LogP contribution in [0, 0.1) is 5.41 Å². The smallest absolute Gasteiger partial charge is 0.251 e. The van der Waals surface area contributed by atoms with Crippen molar-refractivity contribution >= 4 is 47.4 Å². The summed E-state index contributed by atoms with van der Waals surface area (Å²) in [7, 11) is 1.75. The zero-order valence-electron chi connectivity index (χ0n) is 16.7. The van der Waals surface area contributed by atoms with Crippen molar-refractivity contribution in [3.63, 3.8) is 0 Å². The van der Waals surface area contributed by atoms with Gasteiger partial charge in [0.05, 0.1) is 0 Å². The molecule has 1 aromatic rings. The molecule has 1 aliphatic rings. The predicted molar refractivity (Wildman–Crippen MR) is 126 cm³/mol. The number of carbonyl (C=O) groups excluding carboxylic acids is 1. The van der Waals surface area contributed by atoms with Crippen LogP contribution in [0.3, 0.4) is 0 Å². The van der Waals surface area contributed by atoms with Gasteiger partial charge in [0.2, 0.25) is 0 Å². The standard InChI is InChI=1S/C20H31ClN4O2.HI/c1-3-22-19(25-15-20(9-4-10-20)11-14-27-2)24-13-12-23-18(26)16-5-7-17(21)8-6-16;/h5-8H,3-4,9-15H2,1-2H3,(H,23,26)(H2,22,24,25);1H. The van der Waals surface area contributed by atoms with Gasteiger partial charge < -0.3 is 20.7 Å². The van der Waals surface area contributed by atoms with Crippen LogP contribution in [0.5, 0.6) is 0 Å². The predicted octanol–water partition coefficient (Wildman–Crippen LogP) is 3.45. The molecule has 2 rings (SSSR count). The van der Waals surface area contributed by atoms with E-state index in [9.17, 15) is 4.79 Å². The molecule has 1 fully saturated rings. The normalized spacial score (nSPS) is 15.2. The molecule has 0 saturated heterocycles. The zero-order chi connectivity index (χ0) is 19.5. The Hall–Kier alpha value is -1.06. The van der Waals surface area contributed by atoms with E-state index in [-0.39, 0.29) is 29.9 Å². The summed E-state index contributed by atoms with van der Waals surface area (Å²) < 4.78 is 5.25. The van der Waals surface area contributed by atoms with E-state index in [4.69, 9.17) is 21.3 Å². The van der Waals surface area contributed by atoms with Crippen LogP contribution in [0.25, 0.3) is 0 Å². The number of amides is 1. The van der Waals surface area contributed by atoms with Crippen molar-refractivity contribution in [3.05, 3.63) is 34.9 Å². The van der Waals surface area contributed by atoms with E-state index in [0.717, 1.165) is 32.1 Å². The lowest BCUT2D eigenvalue weighted by molar-refractivity contribution is 0.0778. The highest BCUT2D eigenvalue weighted by atomic mass is 127. The average Bonchev–Trinajstić information content (AvgIpc) is 2.64. The Morgan fingerprint density at radius 1 is 1.18 bits per heavy atom. The quantitative estimate of drug-likeness (QED) is 0.190. The number of benzene rings is 1. The monoisotopic (exact) mass is 522 g/mol. The molecule has 1 aromatic carbocycles. The molecular formula is C20H32ClIN4O2. The number of nitrogens with zero attached hydrogens (tertiary/aromatic N) is 1. The minimum Gasteiger partial charge on any atom is -0.385 e. The fourth-order valence-corrected chi connectivity index (χ4v) is 3.26. The van der Waals surface area contributed by atoms with Gasteiger partial charge in [0, 0.05) is 50.5 Å². The van der Waals surface area contributed by atoms with Crippen LogP contribution in [-0.2, 0) is 4.74 Å². The van der Waals surface area contributed by atoms with E-state index in [1.807, 2.05) is 6.92 Å². The van der Waals surface area contributed by atoms with E-state index in [1.54, 1.807) is 31.4 Å². The zero-order valence-corrected chi connectivity index (χ0v) is 19.8. The summed E-state index contributed by atoms with van der Waals surface area (Å²) in [4.78, 5) is 16.8. The number of hydrogen-bond acceptors (Lipinski definition) is 3. The van der Waals surface area contributed by atoms with Crippen LogP contribution in [0.1, 0.15) is 43.0 Å². The number of hydrogen-bond donors (Lipinski definition) is 3. The van der Waals surface area contributed by atoms with Crippen LogP contribution in [0.2, 0.25) is 5.02 Å². The molecule has 0 bridgehead atoms. The summed E-state index contributed by atoms with van der Waals surface area (Å²) in [6.45, 7) is 5.56. The third-order valence-corrected chi connectivity index (χ3v) is 5.23. The minimum atomic E-state index is -0.108. The van der Waals surface area contributed by atoms with Crippen molar-refractivity contribution in [1.82, 2.24) is 16.0 Å². The number of ether oxygens (including phenoxy) is 1. The summed E-state index contributed by atoms with van der Waals surface area (Å²) in [6, 6.07) is 6.86. The maximum Gasteiger partial charge on any atom is 0.251 e. The molecule has 0 aliphatic heterocycles. The van der Waals surface area contributed by atoms with E-state index < -0.39 is 0 Å². The van der Waals surface area contributed by atoms with Gasteiger partial charge in [-0.1, -0.05) is 18.0 Å². The number of nitrogens with one attached hydrogen (secondary N) is 3. The Kier molecular flexibility index (Phi) is 11.8. The Balaban J connectivity index is 0.00000392. The first-order chi connectivity index (χ1) is 13.1. The van der Waals surface area contributed by atoms with Gasteiger partial charge in [-0.05, 0) is 55.9 Å². The van der Waals surface area contributed by atoms with Crippen LogP contribution in [0.15, 0.2) is 29.3 Å². The molecule has 0 spiro atoms. The number of rotatable bonds is 10. The first-order valence-electron chi connectivity index (χ1n) is 9.63. The first-order valence-corrected chi connectivity index (χ1v) is 10.0. The largest absolute Gasteiger partial charge is 0.385 e. The molecular weight excluding hydrogens is 491 g/mol. The molecule has 28 heavy (non-hydrogen) atoms. The average molecular weight is 523 g/mol. The fourth-order valence-electron chi connectivity index (χ4n) is 3.13. The van der Waals surface area contributed by atoms with Crippen molar-refractivity contribution in [1.29, 1.82) is 0 Å². The van der Waals surface area contributed by atoms with Gasteiger partial charge in [0.1, 0.15) is 0 Å². The van der Waals surface area contributed by atoms with Gasteiger partial charge in [0.15, 0.2) is 5.96 Å². The highest BCUT2D eigenvalue weighted by Crippen LogP contribution is 2.44. The van der Waals surface area contributed by atoms with Gasteiger partial charge in [-0.15, -0.1) is 24.0 Å². The van der Waals surface area contributed by atoms with E-state index >= 15 is 0 Å². The van der Waals surface area contributed by atoms with Crippen molar-refractivity contribution in [3.8, 4) is 0 Å². The summed E-state index contributed by atoms with van der Waals surface area (Å²) in [5.74, 6) is 0.685. The van der Waals surface area contributed by atoms with Gasteiger partial charge in [-0.25, -0.2) is 0 Å². The van der Waals surface area contributed by atoms with Crippen LogP contribution < -0.4 is 16.0 Å². The van der Waals surface area contributed by atoms with Crippen LogP contribution in [0.4, 0.5) is 0 Å². The molecule has 6 nitrogen and oxygen atoms in total. The molecule has 1 saturated carbocycles. The van der Waals surface area contributed by atoms with Crippen LogP contribution >= 0.6 is 35.6 Å². The number of guanidine groups is 1. The topological polar surface area (TPSA) is 74.8 Å². The summed E-state index contributed by atoms with van der Waals surface area (Å²) in [5.41, 5.74) is 0.895. The van der Waals surface area contributed by atoms with E-state index in [1.165, 1.54) is 19.3 Å². The summed E-state index contributed by atoms with van der Waals surface area (Å²) in [5, 5.41) is 10.1. The number of methoxy groups -OCH3 is 1. The lowest BCUT2D eigenvalue weighted by Crippen LogP contribution is -2.43. The van der Waals surface area contributed by atoms with Gasteiger partial charge in [-0.3, -0.25) is 9.79 Å². The number of aliphatic imine (C=N–C) groups is 1. The van der Waals surface area contributed by atoms with Crippen molar-refractivity contribution in [2.45, 2.75) is 32.6 Å². The Labute approximate surface area is 190 Å². The molecule has 158 valence electrons. The second-order valence-electron chi connectivity index (χ2n) is 6.98. The SMILES string of the molecule is CCNC(=NCC1(CCOC)CCC1)NCCNC(=O)c1ccc(Cl)cc1.I. The Morgan fingerprint density at radius 3 is 2.43 bits per heavy atom. The highest BCUT2D eigenvalue weighted by molar-refractivity contribution is 14.0. The van der Waals surface area contributed by atoms with Gasteiger partial charge >= 0.3 is 0 Å². The molecule has 1 amide bonds. The first kappa shape index (κ1) is 25.0. The number of carbonyl (C=O) groups is 1. The summed E-state index contributed by atoms with van der Waals surface area (Å²) in [6.07, 6.45) is 4.77. The van der Waals surface area contributed by atoms with E-state index in [0.29, 0.717) is 29.1 Å². The van der Waals surface area contributed by atoms with Crippen molar-refractivity contribution < 1.29 is 9.53 Å². The molecule has 0 aromatic heterocycles. The molecule has 1 aliphatic carbocycles. The second-order valence-corrected chi connectivity index (χ2v) is 7.42. The van der Waals surface area contributed by atoms with Crippen molar-refractivity contribution in [2.75, 3.05) is 39.9 Å². The molecule has 0 atom stereocenters. The number of halogens is 2. The highest BCUT2D eigenvalue weighted by Gasteiger charge is 2.36. The maximum atomic E-state index is 12.1. The fraction of sp³-hybridized carbons (Fsp3) is 0.600. The maximum absolute atomic E-state index is 12.1. The van der Waals surface area contributed by atoms with Gasteiger partial charge in [-0.2, -0.15) is 0 Å². The van der Waals surface area contributed by atoms with E-state index in [2.05, 4.69) is 16.0 Å². The third-order valence-electron chi connectivity index (χ3n) is 4.98. The lowest BCUT2D eigenvalue weighted by Gasteiger charge is -2.40. The minimum absolute atomic E-state index is 0. The Morgan fingerprint density at radius 2 is 1.86 bits per heavy atom. The Bertz CT molecular complexity index is 621. The second kappa shape index (κ2) is 13.2. The summed E-state index contributed by atoms with van der Waals surface area (Å²) >= 11 is 5.84. The molecule has 3 N–H and O–H groups in total. The van der Waals surface area contributed by atoms with Crippen LogP contribution in [-0.4, -0.2) is 51.8 Å². The third kappa shape index (κ3) is 8.13. The molecule has 8 heteroatoms. The lowest BCUT2D eigenvalue weighted by atomic mass is 9.67.